The van der Waals surface area contributed by atoms with Crippen LogP contribution in [-0.4, -0.2) is 85.3 Å². The van der Waals surface area contributed by atoms with Crippen LogP contribution in [0.4, 0.5) is 30.7 Å². The summed E-state index contributed by atoms with van der Waals surface area (Å²) < 4.78 is 108. The number of likely N-dealkylation sites (tertiary alicyclic amines) is 1. The first-order chi connectivity index (χ1) is 21.0. The van der Waals surface area contributed by atoms with Crippen molar-refractivity contribution in [2.75, 3.05) is 20.2 Å². The number of alkyl halides is 7. The number of carbonyl (C=O) groups excluding carboxylic acids is 1. The average Bonchev–Trinajstić information content (AvgIpc) is 3.51. The Morgan fingerprint density at radius 2 is 1.73 bits per heavy atom. The Morgan fingerprint density at radius 3 is 2.31 bits per heavy atom. The molecule has 1 aliphatic heterocycles. The van der Waals surface area contributed by atoms with Crippen LogP contribution in [0.2, 0.25) is 0 Å². The molecule has 1 atom stereocenters. The fourth-order valence-corrected chi connectivity index (χ4v) is 5.27. The Labute approximate surface area is 250 Å². The zero-order valence-corrected chi connectivity index (χ0v) is 23.8. The number of fused-ring (bicyclic) bond motifs is 1. The molecular formula is C28H26F7N5O5. The van der Waals surface area contributed by atoms with Gasteiger partial charge in [-0.05, 0) is 36.8 Å². The van der Waals surface area contributed by atoms with Crippen LogP contribution < -0.4 is 9.47 Å². The lowest BCUT2D eigenvalue weighted by Crippen LogP contribution is -2.70. The molecule has 4 aromatic rings. The first-order valence-electron chi connectivity index (χ1n) is 13.3. The largest absolute Gasteiger partial charge is 0.496 e. The molecule has 0 radical (unpaired) electrons. The van der Waals surface area contributed by atoms with E-state index in [1.54, 1.807) is 13.1 Å². The molecule has 3 heterocycles. The van der Waals surface area contributed by atoms with Crippen LogP contribution in [0, 0.1) is 0 Å². The van der Waals surface area contributed by atoms with E-state index < -0.39 is 72.5 Å². The van der Waals surface area contributed by atoms with Gasteiger partial charge >= 0.3 is 12.8 Å². The molecule has 242 valence electrons. The quantitative estimate of drug-likeness (QED) is 0.252. The van der Waals surface area contributed by atoms with Crippen LogP contribution in [0.25, 0.3) is 33.3 Å². The van der Waals surface area contributed by atoms with Crippen molar-refractivity contribution in [3.05, 3.63) is 47.8 Å². The summed E-state index contributed by atoms with van der Waals surface area (Å²) in [5.74, 6) is -2.38. The molecule has 10 nitrogen and oxygen atoms in total. The van der Waals surface area contributed by atoms with Crippen LogP contribution in [0.1, 0.15) is 29.3 Å². The van der Waals surface area contributed by atoms with Gasteiger partial charge in [-0.1, -0.05) is 0 Å². The maximum Gasteiger partial charge on any atom is 0.420 e. The Hall–Kier alpha value is -4.38. The van der Waals surface area contributed by atoms with E-state index in [-0.39, 0.29) is 28.7 Å². The van der Waals surface area contributed by atoms with Crippen molar-refractivity contribution in [3.8, 4) is 33.9 Å². The molecule has 1 fully saturated rings. The molecule has 0 spiro atoms. The Kier molecular flexibility index (Phi) is 8.20. The molecule has 2 N–H and O–H groups in total. The second-order valence-electron chi connectivity index (χ2n) is 10.7. The highest BCUT2D eigenvalue weighted by atomic mass is 19.4. The number of hydrogen-bond acceptors (Lipinski definition) is 7. The van der Waals surface area contributed by atoms with E-state index >= 15 is 0 Å². The number of hydrogen-bond donors (Lipinski definition) is 2. The van der Waals surface area contributed by atoms with Gasteiger partial charge in [0.25, 0.3) is 12.3 Å². The van der Waals surface area contributed by atoms with Gasteiger partial charge in [-0.2, -0.15) is 32.1 Å². The zero-order chi connectivity index (χ0) is 33.0. The highest BCUT2D eigenvalue weighted by Gasteiger charge is 2.62. The third-order valence-corrected chi connectivity index (χ3v) is 7.33. The molecule has 0 saturated carbocycles. The summed E-state index contributed by atoms with van der Waals surface area (Å²) in [5, 5.41) is 27.8. The van der Waals surface area contributed by atoms with Gasteiger partial charge in [0.1, 0.15) is 17.1 Å². The van der Waals surface area contributed by atoms with E-state index in [2.05, 4.69) is 14.9 Å². The van der Waals surface area contributed by atoms with Gasteiger partial charge < -0.3 is 24.6 Å². The molecule has 17 heteroatoms. The number of benzene rings is 2. The predicted molar refractivity (Wildman–Crippen MR) is 144 cm³/mol. The van der Waals surface area contributed by atoms with Crippen LogP contribution in [0.5, 0.6) is 11.5 Å². The predicted octanol–water partition coefficient (Wildman–Crippen LogP) is 4.78. The highest BCUT2D eigenvalue weighted by molar-refractivity contribution is 6.03. The SMILES string of the molecule is COc1cc(-c2c3c(C(F)F)cc(-c4cnn(C[C@@H](C)O)c4)cc3nn2C)cc(OC(F)F)c1C(=O)N1CC(O)(C(F)(F)F)C1. The van der Waals surface area contributed by atoms with Crippen LogP contribution in [-0.2, 0) is 13.6 Å². The molecular weight excluding hydrogens is 619 g/mol. The summed E-state index contributed by atoms with van der Waals surface area (Å²) in [6.07, 6.45) is -5.77. The standard InChI is InChI=1S/C28H26F7N5O5/c1-13(41)9-40-10-16(8-36-40)14-4-17(24(29)30)21-18(5-14)37-38(2)23(21)15-6-19(44-3)22(20(7-15)45-26(31)32)25(42)39-11-27(43,12-39)28(33,34)35/h4-8,10,13,24,26,41,43H,9,11-12H2,1-3H3/t13-/m1/s1. The monoisotopic (exact) mass is 645 g/mol. The van der Waals surface area contributed by atoms with E-state index in [0.717, 1.165) is 13.2 Å². The Balaban J connectivity index is 1.63. The van der Waals surface area contributed by atoms with Crippen molar-refractivity contribution in [1.82, 2.24) is 24.5 Å². The summed E-state index contributed by atoms with van der Waals surface area (Å²) in [4.78, 5) is 13.8. The highest BCUT2D eigenvalue weighted by Crippen LogP contribution is 2.44. The van der Waals surface area contributed by atoms with Crippen LogP contribution in [0.3, 0.4) is 0 Å². The van der Waals surface area contributed by atoms with Gasteiger partial charge in [0, 0.05) is 35.3 Å². The lowest BCUT2D eigenvalue weighted by molar-refractivity contribution is -0.294. The van der Waals surface area contributed by atoms with Crippen molar-refractivity contribution < 1.29 is 55.2 Å². The van der Waals surface area contributed by atoms with Crippen molar-refractivity contribution in [2.45, 2.75) is 44.4 Å². The third-order valence-electron chi connectivity index (χ3n) is 7.33. The zero-order valence-electron chi connectivity index (χ0n) is 23.8. The van der Waals surface area contributed by atoms with Gasteiger partial charge in [-0.25, -0.2) is 8.78 Å². The second kappa shape index (κ2) is 11.5. The number of aromatic nitrogens is 4. The van der Waals surface area contributed by atoms with Crippen molar-refractivity contribution in [1.29, 1.82) is 0 Å². The molecule has 2 aromatic heterocycles. The third kappa shape index (κ3) is 5.88. The fourth-order valence-electron chi connectivity index (χ4n) is 5.27. The van der Waals surface area contributed by atoms with Gasteiger partial charge in [0.05, 0.1) is 50.3 Å². The number of halogens is 7. The molecule has 1 aliphatic rings. The van der Waals surface area contributed by atoms with Crippen molar-refractivity contribution in [3.63, 3.8) is 0 Å². The van der Waals surface area contributed by atoms with Crippen molar-refractivity contribution >= 4 is 16.8 Å². The fraction of sp³-hybridized carbons (Fsp3) is 0.393. The Morgan fingerprint density at radius 1 is 1.07 bits per heavy atom. The smallest absolute Gasteiger partial charge is 0.420 e. The number of aliphatic hydroxyl groups is 2. The number of aryl methyl sites for hydroxylation is 1. The molecule has 5 rings (SSSR count). The first kappa shape index (κ1) is 32.0. The molecule has 1 amide bonds. The number of ether oxygens (including phenoxy) is 2. The number of methoxy groups -OCH3 is 1. The van der Waals surface area contributed by atoms with E-state index in [0.29, 0.717) is 16.0 Å². The number of carbonyl (C=O) groups is 1. The van der Waals surface area contributed by atoms with Gasteiger partial charge in [0.15, 0.2) is 5.60 Å². The molecule has 45 heavy (non-hydrogen) atoms. The van der Waals surface area contributed by atoms with Crippen molar-refractivity contribution in [2.24, 2.45) is 7.05 Å². The van der Waals surface area contributed by atoms with E-state index in [1.165, 1.54) is 40.8 Å². The van der Waals surface area contributed by atoms with E-state index in [4.69, 9.17) is 4.74 Å². The summed E-state index contributed by atoms with van der Waals surface area (Å²) in [6.45, 7) is -4.07. The van der Waals surface area contributed by atoms with Gasteiger partial charge in [-0.15, -0.1) is 0 Å². The minimum Gasteiger partial charge on any atom is -0.496 e. The Bertz CT molecular complexity index is 1750. The molecule has 0 aliphatic carbocycles. The summed E-state index contributed by atoms with van der Waals surface area (Å²) in [7, 11) is 2.49. The van der Waals surface area contributed by atoms with E-state index in [9.17, 15) is 45.7 Å². The summed E-state index contributed by atoms with van der Waals surface area (Å²) in [6, 6.07) is 4.86. The number of amides is 1. The topological polar surface area (TPSA) is 115 Å². The minimum absolute atomic E-state index is 0.0171. The lowest BCUT2D eigenvalue weighted by atomic mass is 9.92. The molecule has 1 saturated heterocycles. The average molecular weight is 646 g/mol. The number of rotatable bonds is 9. The minimum atomic E-state index is -5.04. The lowest BCUT2D eigenvalue weighted by Gasteiger charge is -2.47. The summed E-state index contributed by atoms with van der Waals surface area (Å²) >= 11 is 0. The van der Waals surface area contributed by atoms with Crippen LogP contribution >= 0.6 is 0 Å². The van der Waals surface area contributed by atoms with Crippen LogP contribution in [0.15, 0.2) is 36.7 Å². The molecule has 0 unspecified atom stereocenters. The van der Waals surface area contributed by atoms with Gasteiger partial charge in [0.2, 0.25) is 0 Å². The maximum absolute atomic E-state index is 14.5. The maximum atomic E-state index is 14.5. The molecule has 0 bridgehead atoms. The summed E-state index contributed by atoms with van der Waals surface area (Å²) in [5.41, 5.74) is -3.39. The second-order valence-corrected chi connectivity index (χ2v) is 10.7. The number of aliphatic hydroxyl groups excluding tert-OH is 1. The van der Waals surface area contributed by atoms with E-state index in [1.807, 2.05) is 0 Å². The first-order valence-corrected chi connectivity index (χ1v) is 13.3. The molecule has 2 aromatic carbocycles. The number of β-amino-alcohol motifs (C(OH)–C–C–N with tert-alkyl or cyclic N) is 1. The number of nitrogens with zero attached hydrogens (tertiary/aromatic N) is 5. The normalized spacial score (nSPS) is 15.6. The van der Waals surface area contributed by atoms with Gasteiger partial charge in [-0.3, -0.25) is 14.2 Å².